The number of nitrogens with zero attached hydrogens (tertiary/aromatic N) is 3. The van der Waals surface area contributed by atoms with Gasteiger partial charge in [0.05, 0.1) is 11.7 Å². The molecule has 0 saturated carbocycles. The second-order valence-electron chi connectivity index (χ2n) is 7.19. The molecule has 1 atom stereocenters. The zero-order chi connectivity index (χ0) is 19.8. The van der Waals surface area contributed by atoms with E-state index in [1.807, 2.05) is 13.8 Å². The van der Waals surface area contributed by atoms with Crippen molar-refractivity contribution in [2.45, 2.75) is 33.2 Å². The van der Waals surface area contributed by atoms with Gasteiger partial charge < -0.3 is 15.3 Å². The Morgan fingerprint density at radius 2 is 1.93 bits per heavy atom. The predicted octanol–water partition coefficient (Wildman–Crippen LogP) is 4.81. The van der Waals surface area contributed by atoms with E-state index in [1.54, 1.807) is 0 Å². The lowest BCUT2D eigenvalue weighted by Gasteiger charge is -2.37. The molecule has 0 fully saturated rings. The highest BCUT2D eigenvalue weighted by Gasteiger charge is 2.26. The van der Waals surface area contributed by atoms with Crippen molar-refractivity contribution in [3.8, 4) is 5.75 Å². The molecule has 4 rings (SSSR count). The maximum absolute atomic E-state index is 13.2. The van der Waals surface area contributed by atoms with E-state index in [-0.39, 0.29) is 11.8 Å². The summed E-state index contributed by atoms with van der Waals surface area (Å²) in [5.74, 6) is 0.582. The van der Waals surface area contributed by atoms with E-state index in [1.165, 1.54) is 23.3 Å². The van der Waals surface area contributed by atoms with E-state index in [2.05, 4.69) is 46.4 Å². The van der Waals surface area contributed by atoms with Crippen molar-refractivity contribution >= 4 is 17.5 Å². The van der Waals surface area contributed by atoms with Crippen LogP contribution in [-0.2, 0) is 6.42 Å². The molecule has 0 radical (unpaired) electrons. The first kappa shape index (κ1) is 18.2. The van der Waals surface area contributed by atoms with Crippen LogP contribution in [0.15, 0.2) is 42.5 Å². The van der Waals surface area contributed by atoms with Crippen LogP contribution in [0.1, 0.15) is 35.3 Å². The molecule has 0 bridgehead atoms. The van der Waals surface area contributed by atoms with Gasteiger partial charge in [-0.15, -0.1) is 0 Å². The Bertz CT molecular complexity index is 1040. The van der Waals surface area contributed by atoms with Crippen LogP contribution >= 0.6 is 0 Å². The van der Waals surface area contributed by atoms with Crippen molar-refractivity contribution in [1.29, 1.82) is 0 Å². The Balaban J connectivity index is 1.70. The summed E-state index contributed by atoms with van der Waals surface area (Å²) in [6, 6.07) is 12.5. The van der Waals surface area contributed by atoms with E-state index in [0.29, 0.717) is 11.6 Å². The first-order valence-electron chi connectivity index (χ1n) is 9.39. The number of aromatic hydroxyl groups is 1. The molecule has 1 aliphatic heterocycles. The molecule has 1 aromatic heterocycles. The van der Waals surface area contributed by atoms with Gasteiger partial charge in [0, 0.05) is 23.9 Å². The fourth-order valence-corrected chi connectivity index (χ4v) is 3.74. The highest BCUT2D eigenvalue weighted by molar-refractivity contribution is 5.64. The average Bonchev–Trinajstić information content (AvgIpc) is 2.67. The number of phenolic OH excluding ortho intramolecular Hbond substituents is 1. The molecule has 0 saturated heterocycles. The summed E-state index contributed by atoms with van der Waals surface area (Å²) in [6.45, 7) is 7.03. The molecule has 0 spiro atoms. The summed E-state index contributed by atoms with van der Waals surface area (Å²) in [5.41, 5.74) is 4.95. The van der Waals surface area contributed by atoms with Gasteiger partial charge in [0.1, 0.15) is 17.4 Å². The number of phenols is 1. The zero-order valence-corrected chi connectivity index (χ0v) is 16.2. The van der Waals surface area contributed by atoms with E-state index < -0.39 is 5.82 Å². The Hall–Kier alpha value is -3.15. The number of hydrogen-bond acceptors (Lipinski definition) is 5. The standard InChI is InChI=1S/C22H23FN4O/c1-13-14(2)24-22(25-19-9-8-17(23)12-20(19)28)26-21(13)27-11-10-16-6-4-5-7-18(16)15(27)3/h4-9,12,15,28H,10-11H2,1-3H3,(H,24,25,26). The fraction of sp³-hybridized carbons (Fsp3) is 0.273. The van der Waals surface area contributed by atoms with Crippen molar-refractivity contribution in [2.24, 2.45) is 0 Å². The Kier molecular flexibility index (Phi) is 4.63. The lowest BCUT2D eigenvalue weighted by molar-refractivity contribution is 0.471. The van der Waals surface area contributed by atoms with Crippen LogP contribution in [0.5, 0.6) is 5.75 Å². The molecule has 5 nitrogen and oxygen atoms in total. The molecule has 3 aromatic rings. The smallest absolute Gasteiger partial charge is 0.229 e. The monoisotopic (exact) mass is 378 g/mol. The Morgan fingerprint density at radius 1 is 1.14 bits per heavy atom. The van der Waals surface area contributed by atoms with Gasteiger partial charge >= 0.3 is 0 Å². The van der Waals surface area contributed by atoms with E-state index >= 15 is 0 Å². The number of halogens is 1. The first-order chi connectivity index (χ1) is 13.4. The van der Waals surface area contributed by atoms with E-state index in [0.717, 1.165) is 36.1 Å². The molecule has 144 valence electrons. The average molecular weight is 378 g/mol. The summed E-state index contributed by atoms with van der Waals surface area (Å²) in [6.07, 6.45) is 0.963. The third-order valence-electron chi connectivity index (χ3n) is 5.44. The summed E-state index contributed by atoms with van der Waals surface area (Å²) in [4.78, 5) is 11.5. The Labute approximate surface area is 163 Å². The predicted molar refractivity (Wildman–Crippen MR) is 109 cm³/mol. The zero-order valence-electron chi connectivity index (χ0n) is 16.2. The van der Waals surface area contributed by atoms with Crippen molar-refractivity contribution in [3.63, 3.8) is 0 Å². The van der Waals surface area contributed by atoms with Gasteiger partial charge in [0.25, 0.3) is 0 Å². The highest BCUT2D eigenvalue weighted by Crippen LogP contribution is 2.35. The van der Waals surface area contributed by atoms with Crippen molar-refractivity contribution in [2.75, 3.05) is 16.8 Å². The van der Waals surface area contributed by atoms with Gasteiger partial charge in [0.2, 0.25) is 5.95 Å². The van der Waals surface area contributed by atoms with Crippen LogP contribution in [0.4, 0.5) is 21.8 Å². The summed E-state index contributed by atoms with van der Waals surface area (Å²) < 4.78 is 13.2. The van der Waals surface area contributed by atoms with Crippen LogP contribution in [0, 0.1) is 19.7 Å². The molecule has 2 aromatic carbocycles. The normalized spacial score (nSPS) is 16.0. The quantitative estimate of drug-likeness (QED) is 0.641. The number of anilines is 3. The first-order valence-corrected chi connectivity index (χ1v) is 9.39. The highest BCUT2D eigenvalue weighted by atomic mass is 19.1. The number of fused-ring (bicyclic) bond motifs is 1. The molecule has 28 heavy (non-hydrogen) atoms. The number of rotatable bonds is 3. The van der Waals surface area contributed by atoms with Gasteiger partial charge in [-0.3, -0.25) is 0 Å². The molecular formula is C22H23FN4O. The largest absolute Gasteiger partial charge is 0.506 e. The van der Waals surface area contributed by atoms with E-state index in [9.17, 15) is 9.50 Å². The van der Waals surface area contributed by atoms with Crippen molar-refractivity contribution in [3.05, 3.63) is 70.7 Å². The molecule has 1 unspecified atom stereocenters. The molecule has 6 heteroatoms. The SMILES string of the molecule is Cc1nc(Nc2ccc(F)cc2O)nc(N2CCc3ccccc3C2C)c1C. The molecular weight excluding hydrogens is 355 g/mol. The van der Waals surface area contributed by atoms with E-state index in [4.69, 9.17) is 4.98 Å². The van der Waals surface area contributed by atoms with Crippen LogP contribution in [0.3, 0.4) is 0 Å². The minimum absolute atomic E-state index is 0.177. The summed E-state index contributed by atoms with van der Waals surface area (Å²) >= 11 is 0. The van der Waals surface area contributed by atoms with Gasteiger partial charge in [-0.2, -0.15) is 4.98 Å². The molecule has 2 N–H and O–H groups in total. The Morgan fingerprint density at radius 3 is 2.71 bits per heavy atom. The lowest BCUT2D eigenvalue weighted by Crippen LogP contribution is -2.35. The maximum Gasteiger partial charge on any atom is 0.229 e. The molecule has 0 amide bonds. The number of aromatic nitrogens is 2. The van der Waals surface area contributed by atoms with Gasteiger partial charge in [-0.1, -0.05) is 24.3 Å². The molecule has 2 heterocycles. The van der Waals surface area contributed by atoms with Crippen LogP contribution in [0.2, 0.25) is 0 Å². The van der Waals surface area contributed by atoms with Crippen molar-refractivity contribution in [1.82, 2.24) is 9.97 Å². The van der Waals surface area contributed by atoms with Crippen molar-refractivity contribution < 1.29 is 9.50 Å². The molecule has 1 aliphatic rings. The van der Waals surface area contributed by atoms with Gasteiger partial charge in [-0.25, -0.2) is 9.37 Å². The number of hydrogen-bond donors (Lipinski definition) is 2. The van der Waals surface area contributed by atoms with Crippen LogP contribution in [0.25, 0.3) is 0 Å². The lowest BCUT2D eigenvalue weighted by atomic mass is 9.93. The molecule has 0 aliphatic carbocycles. The second kappa shape index (κ2) is 7.11. The number of benzene rings is 2. The third kappa shape index (κ3) is 3.26. The minimum Gasteiger partial charge on any atom is -0.506 e. The summed E-state index contributed by atoms with van der Waals surface area (Å²) in [5, 5.41) is 13.0. The summed E-state index contributed by atoms with van der Waals surface area (Å²) in [7, 11) is 0. The number of aryl methyl sites for hydroxylation is 1. The van der Waals surface area contributed by atoms with Crippen LogP contribution in [-0.4, -0.2) is 21.6 Å². The third-order valence-corrected chi connectivity index (χ3v) is 5.44. The van der Waals surface area contributed by atoms with Crippen LogP contribution < -0.4 is 10.2 Å². The maximum atomic E-state index is 13.2. The second-order valence-corrected chi connectivity index (χ2v) is 7.19. The topological polar surface area (TPSA) is 61.3 Å². The fourth-order valence-electron chi connectivity index (χ4n) is 3.74. The van der Waals surface area contributed by atoms with Gasteiger partial charge in [0.15, 0.2) is 0 Å². The van der Waals surface area contributed by atoms with Gasteiger partial charge in [-0.05, 0) is 50.5 Å². The number of nitrogens with one attached hydrogen (secondary N) is 1. The minimum atomic E-state index is -0.495.